The van der Waals surface area contributed by atoms with Crippen molar-refractivity contribution in [1.29, 1.82) is 0 Å². The summed E-state index contributed by atoms with van der Waals surface area (Å²) in [7, 11) is 0. The van der Waals surface area contributed by atoms with Crippen molar-refractivity contribution < 1.29 is 18.3 Å². The number of ether oxygens (including phenoxy) is 1. The van der Waals surface area contributed by atoms with Crippen LogP contribution in [0.25, 0.3) is 21.1 Å². The second-order valence-electron chi connectivity index (χ2n) is 7.41. The van der Waals surface area contributed by atoms with Crippen molar-refractivity contribution in [1.82, 2.24) is 0 Å². The Morgan fingerprint density at radius 1 is 1.20 bits per heavy atom. The topological polar surface area (TPSA) is 56.5 Å². The third-order valence-electron chi connectivity index (χ3n) is 4.97. The highest BCUT2D eigenvalue weighted by Crippen LogP contribution is 2.36. The van der Waals surface area contributed by atoms with Crippen LogP contribution in [-0.2, 0) is 11.3 Å². The summed E-state index contributed by atoms with van der Waals surface area (Å²) in [5.41, 5.74) is 2.64. The van der Waals surface area contributed by atoms with E-state index in [0.717, 1.165) is 27.8 Å². The average molecular weight is 445 g/mol. The van der Waals surface area contributed by atoms with Crippen LogP contribution in [0.15, 0.2) is 45.6 Å². The van der Waals surface area contributed by atoms with E-state index in [-0.39, 0.29) is 22.4 Å². The average Bonchev–Trinajstić information content (AvgIpc) is 3.00. The number of carbonyl (C=O) groups is 1. The van der Waals surface area contributed by atoms with E-state index in [1.165, 1.54) is 24.3 Å². The number of carbonyl (C=O) groups excluding carboxylic acids is 1. The van der Waals surface area contributed by atoms with Crippen LogP contribution in [0.5, 0.6) is 0 Å². The van der Waals surface area contributed by atoms with Crippen LogP contribution in [0, 0.1) is 12.7 Å². The van der Waals surface area contributed by atoms with Crippen LogP contribution >= 0.6 is 22.9 Å². The van der Waals surface area contributed by atoms with Crippen LogP contribution in [0.3, 0.4) is 0 Å². The van der Waals surface area contributed by atoms with Gasteiger partial charge in [0.25, 0.3) is 0 Å². The maximum atomic E-state index is 13.5. The van der Waals surface area contributed by atoms with E-state index in [0.29, 0.717) is 21.2 Å². The molecule has 7 heteroatoms. The Kier molecular flexibility index (Phi) is 5.38. The SMILES string of the molecule is Cc1cc2oc(=O)cc(COC(=O)c3sc4cc(F)ccc4c3Cl)c2cc1C(C)C. The molecular formula is C23H18ClFO4S. The lowest BCUT2D eigenvalue weighted by atomic mass is 9.95. The van der Waals surface area contributed by atoms with Gasteiger partial charge in [0.2, 0.25) is 0 Å². The van der Waals surface area contributed by atoms with Crippen molar-refractivity contribution in [2.24, 2.45) is 0 Å². The smallest absolute Gasteiger partial charge is 0.350 e. The van der Waals surface area contributed by atoms with Crippen LogP contribution in [0.2, 0.25) is 5.02 Å². The zero-order valence-corrected chi connectivity index (χ0v) is 18.1. The van der Waals surface area contributed by atoms with E-state index in [9.17, 15) is 14.0 Å². The van der Waals surface area contributed by atoms with Gasteiger partial charge in [-0.25, -0.2) is 14.0 Å². The first-order chi connectivity index (χ1) is 14.2. The number of aryl methyl sites for hydroxylation is 1. The van der Waals surface area contributed by atoms with Gasteiger partial charge in [0, 0.05) is 27.1 Å². The van der Waals surface area contributed by atoms with Crippen LogP contribution in [0.4, 0.5) is 4.39 Å². The first-order valence-electron chi connectivity index (χ1n) is 9.36. The molecule has 4 nitrogen and oxygen atoms in total. The summed E-state index contributed by atoms with van der Waals surface area (Å²) >= 11 is 7.37. The molecule has 0 fully saturated rings. The summed E-state index contributed by atoms with van der Waals surface area (Å²) < 4.78 is 24.8. The van der Waals surface area contributed by atoms with Gasteiger partial charge in [-0.05, 0) is 54.3 Å². The predicted molar refractivity (Wildman–Crippen MR) is 117 cm³/mol. The maximum Gasteiger partial charge on any atom is 0.350 e. The van der Waals surface area contributed by atoms with E-state index >= 15 is 0 Å². The summed E-state index contributed by atoms with van der Waals surface area (Å²) in [6.07, 6.45) is 0. The summed E-state index contributed by atoms with van der Waals surface area (Å²) in [6, 6.07) is 9.28. The molecule has 0 radical (unpaired) electrons. The van der Waals surface area contributed by atoms with Gasteiger partial charge in [-0.2, -0.15) is 0 Å². The fraction of sp³-hybridized carbons (Fsp3) is 0.217. The predicted octanol–water partition coefficient (Wildman–Crippen LogP) is 6.59. The molecular weight excluding hydrogens is 427 g/mol. The Morgan fingerprint density at radius 2 is 1.97 bits per heavy atom. The molecule has 2 heterocycles. The largest absolute Gasteiger partial charge is 0.457 e. The van der Waals surface area contributed by atoms with Gasteiger partial charge in [0.05, 0.1) is 5.02 Å². The first-order valence-corrected chi connectivity index (χ1v) is 10.6. The number of benzene rings is 2. The van der Waals surface area contributed by atoms with Crippen molar-refractivity contribution in [3.8, 4) is 0 Å². The molecule has 0 spiro atoms. The Balaban J connectivity index is 1.68. The van der Waals surface area contributed by atoms with Crippen LogP contribution in [-0.4, -0.2) is 5.97 Å². The Morgan fingerprint density at radius 3 is 2.70 bits per heavy atom. The van der Waals surface area contributed by atoms with Crippen molar-refractivity contribution >= 4 is 50.0 Å². The van der Waals surface area contributed by atoms with E-state index in [1.54, 1.807) is 0 Å². The molecule has 2 aromatic carbocycles. The number of hydrogen-bond donors (Lipinski definition) is 0. The fourth-order valence-corrected chi connectivity index (χ4v) is 4.94. The van der Waals surface area contributed by atoms with E-state index in [4.69, 9.17) is 20.8 Å². The number of hydrogen-bond acceptors (Lipinski definition) is 5. The first kappa shape index (κ1) is 20.6. The van der Waals surface area contributed by atoms with Gasteiger partial charge in [-0.1, -0.05) is 25.4 Å². The zero-order chi connectivity index (χ0) is 21.6. The maximum absolute atomic E-state index is 13.5. The molecule has 0 unspecified atom stereocenters. The third kappa shape index (κ3) is 3.73. The number of fused-ring (bicyclic) bond motifs is 2. The highest BCUT2D eigenvalue weighted by Gasteiger charge is 2.20. The summed E-state index contributed by atoms with van der Waals surface area (Å²) in [6.45, 7) is 6.02. The van der Waals surface area contributed by atoms with Gasteiger partial charge in [-0.15, -0.1) is 11.3 Å². The van der Waals surface area contributed by atoms with Gasteiger partial charge in [0.15, 0.2) is 0 Å². The summed E-state index contributed by atoms with van der Waals surface area (Å²) in [4.78, 5) is 24.8. The standard InChI is InChI=1S/C23H18ClFO4S/c1-11(2)16-9-17-13(7-20(26)29-18(17)6-12(16)3)10-28-23(27)22-21(24)15-5-4-14(25)8-19(15)30-22/h4-9,11H,10H2,1-3H3. The van der Waals surface area contributed by atoms with Gasteiger partial charge in [-0.3, -0.25) is 0 Å². The molecule has 0 amide bonds. The summed E-state index contributed by atoms with van der Waals surface area (Å²) in [5.74, 6) is -0.743. The van der Waals surface area contributed by atoms with E-state index in [2.05, 4.69) is 13.8 Å². The van der Waals surface area contributed by atoms with Crippen LogP contribution in [0.1, 0.15) is 46.1 Å². The zero-order valence-electron chi connectivity index (χ0n) is 16.5. The number of halogens is 2. The Labute approximate surface area is 180 Å². The molecule has 0 atom stereocenters. The third-order valence-corrected chi connectivity index (χ3v) is 6.61. The van der Waals surface area contributed by atoms with Crippen molar-refractivity contribution in [2.45, 2.75) is 33.3 Å². The monoisotopic (exact) mass is 444 g/mol. The highest BCUT2D eigenvalue weighted by molar-refractivity contribution is 7.21. The lowest BCUT2D eigenvalue weighted by Gasteiger charge is -2.13. The minimum Gasteiger partial charge on any atom is -0.457 e. The molecule has 4 rings (SSSR count). The minimum atomic E-state index is -0.626. The van der Waals surface area contributed by atoms with E-state index < -0.39 is 17.4 Å². The molecule has 0 saturated heterocycles. The van der Waals surface area contributed by atoms with Crippen molar-refractivity contribution in [2.75, 3.05) is 0 Å². The molecule has 4 aromatic rings. The number of thiophene rings is 1. The summed E-state index contributed by atoms with van der Waals surface area (Å²) in [5, 5.41) is 1.55. The molecule has 0 bridgehead atoms. The van der Waals surface area contributed by atoms with Gasteiger partial charge >= 0.3 is 11.6 Å². The Hall–Kier alpha value is -2.70. The molecule has 30 heavy (non-hydrogen) atoms. The fourth-order valence-electron chi connectivity index (χ4n) is 3.51. The molecule has 0 saturated carbocycles. The van der Waals surface area contributed by atoms with Gasteiger partial charge in [0.1, 0.15) is 22.9 Å². The molecule has 0 aliphatic heterocycles. The highest BCUT2D eigenvalue weighted by atomic mass is 35.5. The molecule has 0 N–H and O–H groups in total. The normalized spacial score (nSPS) is 11.5. The minimum absolute atomic E-state index is 0.111. The number of rotatable bonds is 4. The second-order valence-corrected chi connectivity index (χ2v) is 8.84. The molecule has 0 aliphatic carbocycles. The lowest BCUT2D eigenvalue weighted by molar-refractivity contribution is 0.0480. The molecule has 154 valence electrons. The molecule has 2 aromatic heterocycles. The molecule has 0 aliphatic rings. The second kappa shape index (κ2) is 7.85. The van der Waals surface area contributed by atoms with Crippen molar-refractivity contribution in [3.63, 3.8) is 0 Å². The van der Waals surface area contributed by atoms with Crippen molar-refractivity contribution in [3.05, 3.63) is 79.2 Å². The number of esters is 1. The lowest BCUT2D eigenvalue weighted by Crippen LogP contribution is -2.08. The van der Waals surface area contributed by atoms with E-state index in [1.807, 2.05) is 19.1 Å². The van der Waals surface area contributed by atoms with Gasteiger partial charge < -0.3 is 9.15 Å². The quantitative estimate of drug-likeness (QED) is 0.263. The van der Waals surface area contributed by atoms with Crippen LogP contribution < -0.4 is 5.63 Å². The Bertz CT molecular complexity index is 1350.